The number of anilines is 1. The summed E-state index contributed by atoms with van der Waals surface area (Å²) in [7, 11) is 0. The highest BCUT2D eigenvalue weighted by Crippen LogP contribution is 2.22. The van der Waals surface area contributed by atoms with Gasteiger partial charge in [0.25, 0.3) is 0 Å². The van der Waals surface area contributed by atoms with Crippen molar-refractivity contribution in [3.05, 3.63) is 28.8 Å². The summed E-state index contributed by atoms with van der Waals surface area (Å²) in [6, 6.07) is 5.59. The maximum absolute atomic E-state index is 11.8. The Morgan fingerprint density at radius 1 is 1.33 bits per heavy atom. The first kappa shape index (κ1) is 17.2. The lowest BCUT2D eigenvalue weighted by molar-refractivity contribution is -0.117. The summed E-state index contributed by atoms with van der Waals surface area (Å²) in [4.78, 5) is 13.8. The van der Waals surface area contributed by atoms with Crippen LogP contribution >= 0.6 is 24.0 Å². The molecule has 3 nitrogen and oxygen atoms in total. The molecule has 0 spiro atoms. The van der Waals surface area contributed by atoms with Crippen molar-refractivity contribution in [3.63, 3.8) is 0 Å². The van der Waals surface area contributed by atoms with E-state index in [1.807, 2.05) is 32.9 Å². The van der Waals surface area contributed by atoms with Gasteiger partial charge >= 0.3 is 0 Å². The quantitative estimate of drug-likeness (QED) is 0.902. The molecule has 0 aliphatic rings. The van der Waals surface area contributed by atoms with E-state index in [4.69, 9.17) is 11.6 Å². The molecule has 0 fully saturated rings. The Kier molecular flexibility index (Phi) is 8.00. The van der Waals surface area contributed by atoms with E-state index >= 15 is 0 Å². The summed E-state index contributed by atoms with van der Waals surface area (Å²) in [5, 5.41) is 3.41. The minimum absolute atomic E-state index is 0. The fraction of sp³-hybridized carbons (Fsp3) is 0.462. The average molecular weight is 291 g/mol. The van der Waals surface area contributed by atoms with Crippen LogP contribution in [0.15, 0.2) is 18.2 Å². The van der Waals surface area contributed by atoms with Crippen molar-refractivity contribution < 1.29 is 4.79 Å². The number of amides is 1. The molecule has 0 radical (unpaired) electrons. The fourth-order valence-electron chi connectivity index (χ4n) is 1.57. The van der Waals surface area contributed by atoms with Gasteiger partial charge in [0.1, 0.15) is 0 Å². The predicted molar refractivity (Wildman–Crippen MR) is 79.9 cm³/mol. The number of carbonyl (C=O) groups is 1. The third kappa shape index (κ3) is 5.25. The number of nitrogens with zero attached hydrogens (tertiary/aromatic N) is 1. The molecular formula is C13H20Cl2N2O. The second kappa shape index (κ2) is 8.35. The highest BCUT2D eigenvalue weighted by molar-refractivity contribution is 6.33. The number of aryl methyl sites for hydroxylation is 1. The number of halogens is 2. The minimum atomic E-state index is -0.0267. The number of rotatable bonds is 5. The largest absolute Gasteiger partial charge is 0.324 e. The smallest absolute Gasteiger partial charge is 0.238 e. The van der Waals surface area contributed by atoms with Crippen LogP contribution in [0.5, 0.6) is 0 Å². The SMILES string of the molecule is CCN(CC)CC(=O)Nc1cc(C)ccc1Cl.Cl. The maximum Gasteiger partial charge on any atom is 0.238 e. The summed E-state index contributed by atoms with van der Waals surface area (Å²) in [5.74, 6) is -0.0267. The van der Waals surface area contributed by atoms with Crippen LogP contribution in [0.3, 0.4) is 0 Å². The van der Waals surface area contributed by atoms with Gasteiger partial charge < -0.3 is 5.32 Å². The molecular weight excluding hydrogens is 271 g/mol. The lowest BCUT2D eigenvalue weighted by Crippen LogP contribution is -2.32. The van der Waals surface area contributed by atoms with Gasteiger partial charge in [-0.1, -0.05) is 31.5 Å². The number of benzene rings is 1. The number of hydrogen-bond donors (Lipinski definition) is 1. The molecule has 1 aromatic rings. The average Bonchev–Trinajstić information content (AvgIpc) is 2.31. The van der Waals surface area contributed by atoms with Gasteiger partial charge in [-0.2, -0.15) is 0 Å². The molecule has 0 bridgehead atoms. The van der Waals surface area contributed by atoms with Crippen LogP contribution in [0.4, 0.5) is 5.69 Å². The van der Waals surface area contributed by atoms with Gasteiger partial charge in [-0.05, 0) is 37.7 Å². The van der Waals surface area contributed by atoms with Crippen molar-refractivity contribution in [1.29, 1.82) is 0 Å². The van der Waals surface area contributed by atoms with E-state index in [1.165, 1.54) is 0 Å². The van der Waals surface area contributed by atoms with Gasteiger partial charge in [0.2, 0.25) is 5.91 Å². The van der Waals surface area contributed by atoms with E-state index in [-0.39, 0.29) is 18.3 Å². The molecule has 0 saturated carbocycles. The van der Waals surface area contributed by atoms with Crippen LogP contribution in [-0.2, 0) is 4.79 Å². The van der Waals surface area contributed by atoms with Gasteiger partial charge in [0, 0.05) is 0 Å². The molecule has 1 N–H and O–H groups in total. The van der Waals surface area contributed by atoms with Crippen LogP contribution in [0, 0.1) is 6.92 Å². The maximum atomic E-state index is 11.8. The highest BCUT2D eigenvalue weighted by Gasteiger charge is 2.09. The highest BCUT2D eigenvalue weighted by atomic mass is 35.5. The predicted octanol–water partition coefficient (Wildman–Crippen LogP) is 3.35. The summed E-state index contributed by atoms with van der Waals surface area (Å²) >= 11 is 6.02. The van der Waals surface area contributed by atoms with Crippen molar-refractivity contribution in [2.45, 2.75) is 20.8 Å². The first-order valence-electron chi connectivity index (χ1n) is 5.85. The van der Waals surface area contributed by atoms with E-state index in [1.54, 1.807) is 6.07 Å². The lowest BCUT2D eigenvalue weighted by Gasteiger charge is -2.17. The molecule has 5 heteroatoms. The van der Waals surface area contributed by atoms with Gasteiger partial charge in [0.05, 0.1) is 17.3 Å². The van der Waals surface area contributed by atoms with E-state index in [0.29, 0.717) is 17.3 Å². The first-order chi connectivity index (χ1) is 8.06. The zero-order valence-corrected chi connectivity index (χ0v) is 12.6. The molecule has 0 aromatic heterocycles. The Balaban J connectivity index is 0.00000289. The topological polar surface area (TPSA) is 32.3 Å². The zero-order chi connectivity index (χ0) is 12.8. The van der Waals surface area contributed by atoms with E-state index < -0.39 is 0 Å². The summed E-state index contributed by atoms with van der Waals surface area (Å²) in [5.41, 5.74) is 1.76. The molecule has 0 unspecified atom stereocenters. The molecule has 0 atom stereocenters. The number of likely N-dealkylation sites (N-methyl/N-ethyl adjacent to an activating group) is 1. The molecule has 102 valence electrons. The molecule has 1 aromatic carbocycles. The standard InChI is InChI=1S/C13H19ClN2O.ClH/c1-4-16(5-2)9-13(17)15-12-8-10(3)6-7-11(12)14;/h6-8H,4-5,9H2,1-3H3,(H,15,17);1H. The Morgan fingerprint density at radius 3 is 2.50 bits per heavy atom. The molecule has 1 amide bonds. The van der Waals surface area contributed by atoms with Crippen molar-refractivity contribution >= 4 is 35.6 Å². The Morgan fingerprint density at radius 2 is 1.94 bits per heavy atom. The van der Waals surface area contributed by atoms with Crippen LogP contribution in [0.2, 0.25) is 5.02 Å². The van der Waals surface area contributed by atoms with Gasteiger partial charge in [-0.3, -0.25) is 9.69 Å². The normalized spacial score (nSPS) is 10.1. The second-order valence-corrected chi connectivity index (χ2v) is 4.40. The second-order valence-electron chi connectivity index (χ2n) is 3.99. The van der Waals surface area contributed by atoms with Crippen molar-refractivity contribution in [3.8, 4) is 0 Å². The number of carbonyl (C=O) groups excluding carboxylic acids is 1. The van der Waals surface area contributed by atoms with Crippen LogP contribution < -0.4 is 5.32 Å². The molecule has 1 rings (SSSR count). The van der Waals surface area contributed by atoms with E-state index in [9.17, 15) is 4.79 Å². The number of nitrogens with one attached hydrogen (secondary N) is 1. The van der Waals surface area contributed by atoms with Crippen molar-refractivity contribution in [2.24, 2.45) is 0 Å². The molecule has 0 aliphatic carbocycles. The third-order valence-electron chi connectivity index (χ3n) is 2.66. The van der Waals surface area contributed by atoms with Crippen molar-refractivity contribution in [1.82, 2.24) is 4.90 Å². The molecule has 0 aliphatic heterocycles. The Bertz CT molecular complexity index is 393. The number of hydrogen-bond acceptors (Lipinski definition) is 2. The van der Waals surface area contributed by atoms with E-state index in [2.05, 4.69) is 10.2 Å². The first-order valence-corrected chi connectivity index (χ1v) is 6.23. The van der Waals surface area contributed by atoms with Crippen LogP contribution in [0.1, 0.15) is 19.4 Å². The summed E-state index contributed by atoms with van der Waals surface area (Å²) < 4.78 is 0. The van der Waals surface area contributed by atoms with Gasteiger partial charge in [-0.15, -0.1) is 12.4 Å². The lowest BCUT2D eigenvalue weighted by atomic mass is 10.2. The van der Waals surface area contributed by atoms with Crippen LogP contribution in [-0.4, -0.2) is 30.4 Å². The molecule has 18 heavy (non-hydrogen) atoms. The molecule has 0 heterocycles. The van der Waals surface area contributed by atoms with E-state index in [0.717, 1.165) is 18.7 Å². The van der Waals surface area contributed by atoms with Gasteiger partial charge in [-0.25, -0.2) is 0 Å². The zero-order valence-electron chi connectivity index (χ0n) is 11.0. The van der Waals surface area contributed by atoms with Gasteiger partial charge in [0.15, 0.2) is 0 Å². The van der Waals surface area contributed by atoms with Crippen molar-refractivity contribution in [2.75, 3.05) is 25.0 Å². The Labute approximate surface area is 120 Å². The third-order valence-corrected chi connectivity index (χ3v) is 2.99. The minimum Gasteiger partial charge on any atom is -0.324 e. The van der Waals surface area contributed by atoms with Crippen LogP contribution in [0.25, 0.3) is 0 Å². The fourth-order valence-corrected chi connectivity index (χ4v) is 1.74. The molecule has 0 saturated heterocycles. The summed E-state index contributed by atoms with van der Waals surface area (Å²) in [6.07, 6.45) is 0. The Hall–Kier alpha value is -0.770. The monoisotopic (exact) mass is 290 g/mol. The summed E-state index contributed by atoms with van der Waals surface area (Å²) in [6.45, 7) is 8.18.